The summed E-state index contributed by atoms with van der Waals surface area (Å²) in [6, 6.07) is 10.6. The first-order chi connectivity index (χ1) is 16.4. The number of rotatable bonds is 8. The molecule has 1 heterocycles. The molecular weight excluding hydrogens is 485 g/mol. The number of nitrogens with one attached hydrogen (secondary N) is 2. The van der Waals surface area contributed by atoms with Crippen LogP contribution in [0, 0.1) is 11.8 Å². The van der Waals surface area contributed by atoms with E-state index in [0.717, 1.165) is 10.8 Å². The maximum Gasteiger partial charge on any atom is 0.406 e. The number of fused-ring (bicyclic) bond motifs is 1. The van der Waals surface area contributed by atoms with Gasteiger partial charge in [0.1, 0.15) is 12.3 Å². The molecule has 8 nitrogen and oxygen atoms in total. The standard InChI is InChI=1S/C23H23F3N4O4S/c1-34-21-12-16(35(2,32)33)8-9-19(21)28-10-4-5-15-11-17-18(29-13-22(27)31)6-3-7-20(17)30(15)14-23(24,25)26/h3,6-9,11-12,28-29H,10,13-14H2,1-2H3,(H2,27,31). The quantitative estimate of drug-likeness (QED) is 0.403. The first kappa shape index (κ1) is 25.8. The number of sulfone groups is 1. The zero-order valence-corrected chi connectivity index (χ0v) is 19.7. The average Bonchev–Trinajstić information content (AvgIpc) is 3.10. The highest BCUT2D eigenvalue weighted by atomic mass is 32.2. The second kappa shape index (κ2) is 10.2. The van der Waals surface area contributed by atoms with Gasteiger partial charge in [0.25, 0.3) is 0 Å². The zero-order chi connectivity index (χ0) is 25.8. The number of carbonyl (C=O) groups excluding carboxylic acids is 1. The van der Waals surface area contributed by atoms with E-state index in [-0.39, 0.29) is 29.4 Å². The van der Waals surface area contributed by atoms with E-state index in [9.17, 15) is 26.4 Å². The van der Waals surface area contributed by atoms with Gasteiger partial charge in [-0.15, -0.1) is 0 Å². The monoisotopic (exact) mass is 508 g/mol. The van der Waals surface area contributed by atoms with Gasteiger partial charge in [-0.3, -0.25) is 4.79 Å². The Morgan fingerprint density at radius 2 is 1.89 bits per heavy atom. The van der Waals surface area contributed by atoms with Gasteiger partial charge in [-0.2, -0.15) is 13.2 Å². The molecule has 0 fully saturated rings. The molecule has 0 saturated heterocycles. The second-order valence-electron chi connectivity index (χ2n) is 7.58. The third kappa shape index (κ3) is 6.60. The van der Waals surface area contributed by atoms with Crippen LogP contribution in [0.1, 0.15) is 5.69 Å². The van der Waals surface area contributed by atoms with Gasteiger partial charge >= 0.3 is 6.18 Å². The molecule has 0 atom stereocenters. The molecule has 0 aliphatic heterocycles. The minimum Gasteiger partial charge on any atom is -0.495 e. The van der Waals surface area contributed by atoms with Crippen molar-refractivity contribution in [3.05, 3.63) is 48.2 Å². The highest BCUT2D eigenvalue weighted by molar-refractivity contribution is 7.90. The van der Waals surface area contributed by atoms with Crippen LogP contribution in [0.5, 0.6) is 5.75 Å². The molecule has 0 aliphatic carbocycles. The third-order valence-electron chi connectivity index (χ3n) is 4.92. The summed E-state index contributed by atoms with van der Waals surface area (Å²) >= 11 is 0. The zero-order valence-electron chi connectivity index (χ0n) is 18.9. The molecule has 186 valence electrons. The van der Waals surface area contributed by atoms with E-state index in [2.05, 4.69) is 22.5 Å². The lowest BCUT2D eigenvalue weighted by atomic mass is 10.2. The lowest BCUT2D eigenvalue weighted by Crippen LogP contribution is -2.21. The Morgan fingerprint density at radius 1 is 1.14 bits per heavy atom. The normalized spacial score (nSPS) is 11.6. The fraction of sp³-hybridized carbons (Fsp3) is 0.261. The van der Waals surface area contributed by atoms with Crippen LogP contribution < -0.4 is 21.1 Å². The average molecular weight is 509 g/mol. The van der Waals surface area contributed by atoms with Crippen molar-refractivity contribution < 1.29 is 31.1 Å². The number of carbonyl (C=O) groups is 1. The molecule has 1 aromatic heterocycles. The lowest BCUT2D eigenvalue weighted by molar-refractivity contribution is -0.140. The number of nitrogens with two attached hydrogens (primary N) is 1. The summed E-state index contributed by atoms with van der Waals surface area (Å²) in [5, 5.41) is 6.26. The fourth-order valence-electron chi connectivity index (χ4n) is 3.40. The van der Waals surface area contributed by atoms with Gasteiger partial charge in [0.15, 0.2) is 9.84 Å². The highest BCUT2D eigenvalue weighted by Gasteiger charge is 2.30. The molecule has 0 saturated carbocycles. The number of hydrogen-bond acceptors (Lipinski definition) is 6. The predicted octanol–water partition coefficient (Wildman–Crippen LogP) is 2.98. The van der Waals surface area contributed by atoms with E-state index in [1.807, 2.05) is 0 Å². The first-order valence-corrected chi connectivity index (χ1v) is 12.1. The van der Waals surface area contributed by atoms with Crippen molar-refractivity contribution in [3.8, 4) is 17.6 Å². The van der Waals surface area contributed by atoms with Crippen LogP contribution in [-0.4, -0.2) is 51.5 Å². The van der Waals surface area contributed by atoms with Crippen LogP contribution in [0.15, 0.2) is 47.4 Å². The topological polar surface area (TPSA) is 115 Å². The molecule has 0 aliphatic rings. The number of amides is 1. The number of alkyl halides is 3. The van der Waals surface area contributed by atoms with Crippen LogP contribution in [0.25, 0.3) is 10.9 Å². The molecular formula is C23H23F3N4O4S. The molecule has 0 radical (unpaired) electrons. The maximum atomic E-state index is 13.3. The van der Waals surface area contributed by atoms with Gasteiger partial charge in [0.2, 0.25) is 5.91 Å². The van der Waals surface area contributed by atoms with E-state index in [1.54, 1.807) is 12.1 Å². The smallest absolute Gasteiger partial charge is 0.406 e. The van der Waals surface area contributed by atoms with Gasteiger partial charge in [-0.1, -0.05) is 12.0 Å². The van der Waals surface area contributed by atoms with Crippen molar-refractivity contribution >= 4 is 38.0 Å². The number of benzene rings is 2. The third-order valence-corrected chi connectivity index (χ3v) is 6.03. The van der Waals surface area contributed by atoms with Crippen LogP contribution in [0.3, 0.4) is 0 Å². The number of anilines is 2. The van der Waals surface area contributed by atoms with Crippen LogP contribution >= 0.6 is 0 Å². The Kier molecular flexibility index (Phi) is 7.50. The number of aromatic nitrogens is 1. The number of primary amides is 1. The Labute approximate surface area is 200 Å². The molecule has 3 rings (SSSR count). The lowest BCUT2D eigenvalue weighted by Gasteiger charge is -2.12. The molecule has 0 bridgehead atoms. The second-order valence-corrected chi connectivity index (χ2v) is 9.59. The SMILES string of the molecule is COc1cc(S(C)(=O)=O)ccc1NCC#Cc1cc2c(NCC(N)=O)cccc2n1CC(F)(F)F. The van der Waals surface area contributed by atoms with E-state index < -0.39 is 28.5 Å². The van der Waals surface area contributed by atoms with Crippen LogP contribution in [0.4, 0.5) is 24.5 Å². The number of methoxy groups -OCH3 is 1. The largest absolute Gasteiger partial charge is 0.495 e. The van der Waals surface area contributed by atoms with Gasteiger partial charge in [0, 0.05) is 23.4 Å². The van der Waals surface area contributed by atoms with Crippen molar-refractivity contribution in [2.24, 2.45) is 5.73 Å². The van der Waals surface area contributed by atoms with Crippen LogP contribution in [0.2, 0.25) is 0 Å². The summed E-state index contributed by atoms with van der Waals surface area (Å²) < 4.78 is 69.6. The Morgan fingerprint density at radius 3 is 2.51 bits per heavy atom. The minimum atomic E-state index is -4.48. The Hall–Kier alpha value is -3.85. The highest BCUT2D eigenvalue weighted by Crippen LogP contribution is 2.30. The van der Waals surface area contributed by atoms with Gasteiger partial charge in [0.05, 0.1) is 42.0 Å². The Balaban J connectivity index is 1.90. The van der Waals surface area contributed by atoms with E-state index in [1.165, 1.54) is 37.4 Å². The van der Waals surface area contributed by atoms with Gasteiger partial charge in [-0.05, 0) is 36.3 Å². The van der Waals surface area contributed by atoms with Crippen molar-refractivity contribution in [2.75, 3.05) is 37.1 Å². The molecule has 3 aromatic rings. The molecule has 2 aromatic carbocycles. The molecule has 0 spiro atoms. The summed E-state index contributed by atoms with van der Waals surface area (Å²) in [6.45, 7) is -1.36. The summed E-state index contributed by atoms with van der Waals surface area (Å²) in [6.07, 6.45) is -3.40. The summed E-state index contributed by atoms with van der Waals surface area (Å²) in [4.78, 5) is 11.2. The van der Waals surface area contributed by atoms with Gasteiger partial charge < -0.3 is 25.7 Å². The molecule has 4 N–H and O–H groups in total. The number of nitrogens with zero attached hydrogens (tertiary/aromatic N) is 1. The fourth-order valence-corrected chi connectivity index (χ4v) is 4.03. The van der Waals surface area contributed by atoms with Crippen molar-refractivity contribution in [2.45, 2.75) is 17.6 Å². The van der Waals surface area contributed by atoms with E-state index in [0.29, 0.717) is 22.3 Å². The first-order valence-electron chi connectivity index (χ1n) is 10.2. The van der Waals surface area contributed by atoms with Crippen molar-refractivity contribution in [1.82, 2.24) is 4.57 Å². The summed E-state index contributed by atoms with van der Waals surface area (Å²) in [5.74, 6) is 5.22. The molecule has 35 heavy (non-hydrogen) atoms. The summed E-state index contributed by atoms with van der Waals surface area (Å²) in [5.41, 5.74) is 6.52. The van der Waals surface area contributed by atoms with Crippen molar-refractivity contribution in [3.63, 3.8) is 0 Å². The van der Waals surface area contributed by atoms with E-state index in [4.69, 9.17) is 10.5 Å². The van der Waals surface area contributed by atoms with Crippen LogP contribution in [-0.2, 0) is 21.2 Å². The summed E-state index contributed by atoms with van der Waals surface area (Å²) in [7, 11) is -2.03. The van der Waals surface area contributed by atoms with E-state index >= 15 is 0 Å². The molecule has 0 unspecified atom stereocenters. The van der Waals surface area contributed by atoms with Gasteiger partial charge in [-0.25, -0.2) is 8.42 Å². The Bertz CT molecular complexity index is 1420. The number of hydrogen-bond donors (Lipinski definition) is 3. The number of ether oxygens (including phenoxy) is 1. The predicted molar refractivity (Wildman–Crippen MR) is 127 cm³/mol. The molecule has 1 amide bonds. The minimum absolute atomic E-state index is 0.0505. The number of halogens is 3. The molecule has 12 heteroatoms. The maximum absolute atomic E-state index is 13.3. The van der Waals surface area contributed by atoms with Crippen molar-refractivity contribution in [1.29, 1.82) is 0 Å².